The van der Waals surface area contributed by atoms with Crippen molar-refractivity contribution in [2.24, 2.45) is 0 Å². The van der Waals surface area contributed by atoms with Crippen LogP contribution in [0, 0.1) is 0 Å². The largest absolute Gasteiger partial charge is 0.478 e. The predicted molar refractivity (Wildman–Crippen MR) is 46.7 cm³/mol. The summed E-state index contributed by atoms with van der Waals surface area (Å²) in [6.07, 6.45) is 0. The molecule has 0 aliphatic rings. The molecule has 0 atom stereocenters. The molecule has 1 rings (SSSR count). The Morgan fingerprint density at radius 1 is 1.60 bits per heavy atom. The standard InChI is InChI=1S/C5H2Br2O2S/c6-2-1-10-4(7)3(2)5(8)9/h1H,(H,8,9). The second kappa shape index (κ2) is 3.02. The SMILES string of the molecule is O=C(O)c1c(Br)csc1Br. The molecule has 0 radical (unpaired) electrons. The van der Waals surface area contributed by atoms with Gasteiger partial charge < -0.3 is 5.11 Å². The summed E-state index contributed by atoms with van der Waals surface area (Å²) in [6.45, 7) is 0. The molecule has 0 aromatic carbocycles. The summed E-state index contributed by atoms with van der Waals surface area (Å²) in [6, 6.07) is 0. The van der Waals surface area contributed by atoms with E-state index in [1.807, 2.05) is 0 Å². The van der Waals surface area contributed by atoms with Gasteiger partial charge in [0.1, 0.15) is 0 Å². The molecule has 0 bridgehead atoms. The number of carboxylic acids is 1. The van der Waals surface area contributed by atoms with Crippen molar-refractivity contribution in [3.8, 4) is 0 Å². The van der Waals surface area contributed by atoms with Gasteiger partial charge in [0.05, 0.1) is 9.35 Å². The topological polar surface area (TPSA) is 37.3 Å². The number of carboxylic acid groups (broad SMARTS) is 1. The van der Waals surface area contributed by atoms with Crippen molar-refractivity contribution in [1.82, 2.24) is 0 Å². The molecule has 54 valence electrons. The lowest BCUT2D eigenvalue weighted by molar-refractivity contribution is 0.0695. The molecule has 0 amide bonds. The lowest BCUT2D eigenvalue weighted by Gasteiger charge is -1.88. The maximum atomic E-state index is 10.5. The van der Waals surface area contributed by atoms with E-state index >= 15 is 0 Å². The molecule has 1 aromatic heterocycles. The summed E-state index contributed by atoms with van der Waals surface area (Å²) in [5, 5.41) is 10.3. The second-order valence-corrected chi connectivity index (χ2v) is 4.59. The van der Waals surface area contributed by atoms with Gasteiger partial charge in [-0.2, -0.15) is 0 Å². The Bertz CT molecular complexity index is 249. The molecule has 0 fully saturated rings. The van der Waals surface area contributed by atoms with Crippen LogP contribution in [0.3, 0.4) is 0 Å². The van der Waals surface area contributed by atoms with Gasteiger partial charge in [0.2, 0.25) is 0 Å². The molecule has 2 nitrogen and oxygen atoms in total. The zero-order chi connectivity index (χ0) is 7.72. The van der Waals surface area contributed by atoms with Crippen LogP contribution in [0.5, 0.6) is 0 Å². The fraction of sp³-hybridized carbons (Fsp3) is 0. The molecule has 1 heterocycles. The number of carbonyl (C=O) groups is 1. The Hall–Kier alpha value is 0.130. The summed E-state index contributed by atoms with van der Waals surface area (Å²) < 4.78 is 1.27. The summed E-state index contributed by atoms with van der Waals surface area (Å²) in [5.74, 6) is -0.917. The van der Waals surface area contributed by atoms with Gasteiger partial charge in [0, 0.05) is 9.85 Å². The first-order valence-corrected chi connectivity index (χ1v) is 4.75. The fourth-order valence-electron chi connectivity index (χ4n) is 0.501. The normalized spacial score (nSPS) is 9.80. The average molecular weight is 286 g/mol. The minimum Gasteiger partial charge on any atom is -0.478 e. The monoisotopic (exact) mass is 284 g/mol. The van der Waals surface area contributed by atoms with Crippen molar-refractivity contribution in [1.29, 1.82) is 0 Å². The van der Waals surface area contributed by atoms with Gasteiger partial charge in [-0.1, -0.05) is 0 Å². The molecule has 5 heteroatoms. The van der Waals surface area contributed by atoms with E-state index in [0.717, 1.165) is 0 Å². The molecular formula is C5H2Br2O2S. The summed E-state index contributed by atoms with van der Waals surface area (Å²) in [4.78, 5) is 10.5. The summed E-state index contributed by atoms with van der Waals surface area (Å²) in [5.41, 5.74) is 0.296. The zero-order valence-corrected chi connectivity index (χ0v) is 8.59. The number of halogens is 2. The highest BCUT2D eigenvalue weighted by Gasteiger charge is 2.13. The Morgan fingerprint density at radius 2 is 2.20 bits per heavy atom. The number of aromatic carboxylic acids is 1. The molecule has 0 unspecified atom stereocenters. The van der Waals surface area contributed by atoms with Crippen LogP contribution in [-0.2, 0) is 0 Å². The van der Waals surface area contributed by atoms with E-state index < -0.39 is 5.97 Å². The van der Waals surface area contributed by atoms with Crippen molar-refractivity contribution in [3.63, 3.8) is 0 Å². The predicted octanol–water partition coefficient (Wildman–Crippen LogP) is 2.97. The first kappa shape index (κ1) is 8.23. The highest BCUT2D eigenvalue weighted by molar-refractivity contribution is 9.11. The maximum Gasteiger partial charge on any atom is 0.338 e. The van der Waals surface area contributed by atoms with Gasteiger partial charge >= 0.3 is 5.97 Å². The lowest BCUT2D eigenvalue weighted by atomic mass is 10.4. The quantitative estimate of drug-likeness (QED) is 0.861. The zero-order valence-electron chi connectivity index (χ0n) is 4.60. The Kier molecular flexibility index (Phi) is 2.49. The molecule has 0 aliphatic carbocycles. The van der Waals surface area contributed by atoms with Crippen molar-refractivity contribution in [3.05, 3.63) is 19.2 Å². The molecule has 10 heavy (non-hydrogen) atoms. The molecule has 0 saturated carbocycles. The van der Waals surface area contributed by atoms with Crippen LogP contribution in [-0.4, -0.2) is 11.1 Å². The molecule has 1 N–H and O–H groups in total. The van der Waals surface area contributed by atoms with Gasteiger partial charge in [-0.25, -0.2) is 4.79 Å². The third-order valence-corrected chi connectivity index (χ3v) is 3.57. The third kappa shape index (κ3) is 1.41. The van der Waals surface area contributed by atoms with Crippen LogP contribution in [0.25, 0.3) is 0 Å². The molecule has 0 saturated heterocycles. The van der Waals surface area contributed by atoms with Crippen LogP contribution < -0.4 is 0 Å². The van der Waals surface area contributed by atoms with Crippen LogP contribution in [0.1, 0.15) is 10.4 Å². The van der Waals surface area contributed by atoms with Crippen molar-refractivity contribution in [2.75, 3.05) is 0 Å². The van der Waals surface area contributed by atoms with Gasteiger partial charge in [0.25, 0.3) is 0 Å². The molecule has 0 aliphatic heterocycles. The minimum absolute atomic E-state index is 0.296. The minimum atomic E-state index is -0.917. The van der Waals surface area contributed by atoms with E-state index in [4.69, 9.17) is 5.11 Å². The Balaban J connectivity index is 3.23. The van der Waals surface area contributed by atoms with Crippen molar-refractivity contribution in [2.45, 2.75) is 0 Å². The smallest absolute Gasteiger partial charge is 0.338 e. The van der Waals surface area contributed by atoms with Gasteiger partial charge in [-0.15, -0.1) is 11.3 Å². The number of hydrogen-bond acceptors (Lipinski definition) is 2. The van der Waals surface area contributed by atoms with E-state index in [1.54, 1.807) is 5.38 Å². The highest BCUT2D eigenvalue weighted by Crippen LogP contribution is 2.31. The summed E-state index contributed by atoms with van der Waals surface area (Å²) >= 11 is 7.59. The van der Waals surface area contributed by atoms with Crippen LogP contribution in [0.15, 0.2) is 13.6 Å². The van der Waals surface area contributed by atoms with Gasteiger partial charge in [0.15, 0.2) is 0 Å². The first-order chi connectivity index (χ1) is 4.63. The summed E-state index contributed by atoms with van der Waals surface area (Å²) in [7, 11) is 0. The Labute approximate surface area is 78.1 Å². The van der Waals surface area contributed by atoms with Crippen LogP contribution >= 0.6 is 43.2 Å². The third-order valence-electron chi connectivity index (χ3n) is 0.915. The van der Waals surface area contributed by atoms with Gasteiger partial charge in [-0.3, -0.25) is 0 Å². The van der Waals surface area contributed by atoms with Crippen LogP contribution in [0.4, 0.5) is 0 Å². The van der Waals surface area contributed by atoms with E-state index in [-0.39, 0.29) is 0 Å². The average Bonchev–Trinajstić information content (AvgIpc) is 2.11. The van der Waals surface area contributed by atoms with Crippen molar-refractivity contribution >= 4 is 49.2 Å². The fourth-order valence-corrected chi connectivity index (χ4v) is 2.85. The van der Waals surface area contributed by atoms with Crippen LogP contribution in [0.2, 0.25) is 0 Å². The first-order valence-electron chi connectivity index (χ1n) is 2.28. The van der Waals surface area contributed by atoms with E-state index in [1.165, 1.54) is 11.3 Å². The second-order valence-electron chi connectivity index (χ2n) is 1.54. The number of rotatable bonds is 1. The van der Waals surface area contributed by atoms with Crippen molar-refractivity contribution < 1.29 is 9.90 Å². The molecule has 1 aromatic rings. The van der Waals surface area contributed by atoms with Gasteiger partial charge in [-0.05, 0) is 31.9 Å². The molecular weight excluding hydrogens is 284 g/mol. The number of thiophene rings is 1. The van der Waals surface area contributed by atoms with E-state index in [0.29, 0.717) is 13.8 Å². The number of hydrogen-bond donors (Lipinski definition) is 1. The molecule has 0 spiro atoms. The highest BCUT2D eigenvalue weighted by atomic mass is 79.9. The van der Waals surface area contributed by atoms with E-state index in [9.17, 15) is 4.79 Å². The Morgan fingerprint density at radius 3 is 2.40 bits per heavy atom. The van der Waals surface area contributed by atoms with E-state index in [2.05, 4.69) is 31.9 Å². The lowest BCUT2D eigenvalue weighted by Crippen LogP contribution is -1.94. The maximum absolute atomic E-state index is 10.5.